The lowest BCUT2D eigenvalue weighted by atomic mass is 10.0. The molecule has 3 rings (SSSR count). The molecule has 1 aromatic carbocycles. The molecule has 2 heterocycles. The Balaban J connectivity index is 1.82. The van der Waals surface area contributed by atoms with Gasteiger partial charge in [0.25, 0.3) is 11.8 Å². The van der Waals surface area contributed by atoms with Crippen molar-refractivity contribution in [1.29, 1.82) is 0 Å². The molecule has 4 amide bonds. The van der Waals surface area contributed by atoms with Gasteiger partial charge in [-0.3, -0.25) is 14.5 Å². The molecule has 0 aromatic heterocycles. The number of carbonyl (C=O) groups excluding carboxylic acids is 3. The van der Waals surface area contributed by atoms with Crippen molar-refractivity contribution in [3.8, 4) is 0 Å². The van der Waals surface area contributed by atoms with Crippen molar-refractivity contribution >= 4 is 17.8 Å². The predicted molar refractivity (Wildman–Crippen MR) is 80.6 cm³/mol. The highest BCUT2D eigenvalue weighted by atomic mass is 16.2. The topological polar surface area (TPSA) is 60.9 Å². The molecule has 0 spiro atoms. The second kappa shape index (κ2) is 5.44. The third-order valence-electron chi connectivity index (χ3n) is 4.24. The molecular weight excluding hydrogens is 282 g/mol. The average molecular weight is 301 g/mol. The van der Waals surface area contributed by atoms with E-state index in [9.17, 15) is 14.4 Å². The van der Waals surface area contributed by atoms with Gasteiger partial charge >= 0.3 is 6.03 Å². The van der Waals surface area contributed by atoms with E-state index >= 15 is 0 Å². The van der Waals surface area contributed by atoms with Gasteiger partial charge in [0.05, 0.1) is 17.2 Å². The molecule has 1 aromatic rings. The fraction of sp³-hybridized carbons (Fsp3) is 0.438. The summed E-state index contributed by atoms with van der Waals surface area (Å²) in [6, 6.07) is 6.56. The summed E-state index contributed by atoms with van der Waals surface area (Å²) in [7, 11) is 3.40. The number of hydrogen-bond acceptors (Lipinski definition) is 3. The number of piperidine rings is 1. The third-order valence-corrected chi connectivity index (χ3v) is 4.24. The molecule has 0 radical (unpaired) electrons. The number of benzene rings is 1. The molecule has 6 heteroatoms. The molecule has 0 bridgehead atoms. The number of imide groups is 1. The highest BCUT2D eigenvalue weighted by Gasteiger charge is 2.41. The van der Waals surface area contributed by atoms with Crippen LogP contribution in [0.2, 0.25) is 0 Å². The van der Waals surface area contributed by atoms with Gasteiger partial charge in [0.1, 0.15) is 0 Å². The van der Waals surface area contributed by atoms with Crippen molar-refractivity contribution in [2.45, 2.75) is 18.9 Å². The van der Waals surface area contributed by atoms with E-state index in [1.54, 1.807) is 43.3 Å². The number of amides is 4. The standard InChI is InChI=1S/C16H19N3O3/c1-17(2)16(22)18-9-5-6-11(10-18)19-14(20)12-7-3-4-8-13(12)15(19)21/h3-4,7-8,11H,5-6,9-10H2,1-2H3. The molecule has 0 aliphatic carbocycles. The van der Waals surface area contributed by atoms with Gasteiger partial charge in [-0.05, 0) is 25.0 Å². The molecule has 116 valence electrons. The number of nitrogens with zero attached hydrogens (tertiary/aromatic N) is 3. The van der Waals surface area contributed by atoms with Gasteiger partial charge < -0.3 is 9.80 Å². The van der Waals surface area contributed by atoms with E-state index in [0.29, 0.717) is 24.2 Å². The van der Waals surface area contributed by atoms with Crippen LogP contribution in [0, 0.1) is 0 Å². The van der Waals surface area contributed by atoms with Crippen molar-refractivity contribution in [3.05, 3.63) is 35.4 Å². The van der Waals surface area contributed by atoms with Crippen LogP contribution in [-0.2, 0) is 0 Å². The number of likely N-dealkylation sites (tertiary alicyclic amines) is 1. The van der Waals surface area contributed by atoms with Gasteiger partial charge in [-0.1, -0.05) is 12.1 Å². The summed E-state index contributed by atoms with van der Waals surface area (Å²) in [4.78, 5) is 41.7. The number of rotatable bonds is 1. The maximum Gasteiger partial charge on any atom is 0.319 e. The van der Waals surface area contributed by atoms with Gasteiger partial charge in [-0.25, -0.2) is 4.79 Å². The first-order valence-electron chi connectivity index (χ1n) is 7.44. The quantitative estimate of drug-likeness (QED) is 0.737. The molecule has 0 N–H and O–H groups in total. The second-order valence-electron chi connectivity index (χ2n) is 5.94. The van der Waals surface area contributed by atoms with Crippen molar-refractivity contribution in [2.75, 3.05) is 27.2 Å². The summed E-state index contributed by atoms with van der Waals surface area (Å²) >= 11 is 0. The second-order valence-corrected chi connectivity index (χ2v) is 5.94. The summed E-state index contributed by atoms with van der Waals surface area (Å²) < 4.78 is 0. The van der Waals surface area contributed by atoms with Gasteiger partial charge in [-0.2, -0.15) is 0 Å². The Bertz CT molecular complexity index is 606. The fourth-order valence-electron chi connectivity index (χ4n) is 3.16. The minimum Gasteiger partial charge on any atom is -0.331 e. The zero-order valence-electron chi connectivity index (χ0n) is 12.8. The molecule has 1 atom stereocenters. The van der Waals surface area contributed by atoms with E-state index in [2.05, 4.69) is 0 Å². The van der Waals surface area contributed by atoms with Crippen LogP contribution in [0.4, 0.5) is 4.79 Å². The smallest absolute Gasteiger partial charge is 0.319 e. The van der Waals surface area contributed by atoms with Gasteiger partial charge in [0, 0.05) is 27.2 Å². The van der Waals surface area contributed by atoms with Crippen molar-refractivity contribution < 1.29 is 14.4 Å². The van der Waals surface area contributed by atoms with Crippen LogP contribution in [0.25, 0.3) is 0 Å². The Morgan fingerprint density at radius 2 is 1.73 bits per heavy atom. The first-order chi connectivity index (χ1) is 10.5. The highest BCUT2D eigenvalue weighted by Crippen LogP contribution is 2.28. The largest absolute Gasteiger partial charge is 0.331 e. The van der Waals surface area contributed by atoms with E-state index in [1.807, 2.05) is 0 Å². The summed E-state index contributed by atoms with van der Waals surface area (Å²) in [6.07, 6.45) is 1.53. The third kappa shape index (κ3) is 2.24. The van der Waals surface area contributed by atoms with Crippen LogP contribution in [0.1, 0.15) is 33.6 Å². The van der Waals surface area contributed by atoms with Crippen molar-refractivity contribution in [2.24, 2.45) is 0 Å². The summed E-state index contributed by atoms with van der Waals surface area (Å²) in [5.74, 6) is -0.491. The minimum absolute atomic E-state index is 0.0821. The molecule has 22 heavy (non-hydrogen) atoms. The molecule has 2 aliphatic rings. The van der Waals surface area contributed by atoms with Crippen LogP contribution in [0.3, 0.4) is 0 Å². The summed E-state index contributed by atoms with van der Waals surface area (Å²) in [6.45, 7) is 1.07. The zero-order valence-corrected chi connectivity index (χ0v) is 12.8. The lowest BCUT2D eigenvalue weighted by Gasteiger charge is -2.37. The molecule has 2 aliphatic heterocycles. The van der Waals surface area contributed by atoms with Gasteiger partial charge in [-0.15, -0.1) is 0 Å². The first-order valence-corrected chi connectivity index (χ1v) is 7.44. The van der Waals surface area contributed by atoms with Crippen LogP contribution in [0.15, 0.2) is 24.3 Å². The highest BCUT2D eigenvalue weighted by molar-refractivity contribution is 6.21. The molecule has 1 saturated heterocycles. The Morgan fingerprint density at radius 3 is 2.27 bits per heavy atom. The van der Waals surface area contributed by atoms with E-state index in [0.717, 1.165) is 12.8 Å². The fourth-order valence-corrected chi connectivity index (χ4v) is 3.16. The van der Waals surface area contributed by atoms with E-state index in [1.165, 1.54) is 9.80 Å². The van der Waals surface area contributed by atoms with Crippen LogP contribution >= 0.6 is 0 Å². The SMILES string of the molecule is CN(C)C(=O)N1CCCC(N2C(=O)c3ccccc3C2=O)C1. The van der Waals surface area contributed by atoms with E-state index < -0.39 is 0 Å². The molecule has 1 fully saturated rings. The molecule has 1 unspecified atom stereocenters. The molecular formula is C16H19N3O3. The zero-order chi connectivity index (χ0) is 15.9. The minimum atomic E-state index is -0.246. The first kappa shape index (κ1) is 14.6. The Morgan fingerprint density at radius 1 is 1.14 bits per heavy atom. The maximum atomic E-state index is 12.5. The van der Waals surface area contributed by atoms with Gasteiger partial charge in [0.15, 0.2) is 0 Å². The molecule has 6 nitrogen and oxygen atoms in total. The summed E-state index contributed by atoms with van der Waals surface area (Å²) in [5.41, 5.74) is 0.923. The lowest BCUT2D eigenvalue weighted by Crippen LogP contribution is -2.53. The number of fused-ring (bicyclic) bond motifs is 1. The average Bonchev–Trinajstić information content (AvgIpc) is 2.78. The van der Waals surface area contributed by atoms with Crippen LogP contribution in [0.5, 0.6) is 0 Å². The lowest BCUT2D eigenvalue weighted by molar-refractivity contribution is 0.0494. The van der Waals surface area contributed by atoms with E-state index in [4.69, 9.17) is 0 Å². The Hall–Kier alpha value is -2.37. The predicted octanol–water partition coefficient (Wildman–Crippen LogP) is 1.43. The Labute approximate surface area is 129 Å². The van der Waals surface area contributed by atoms with Crippen molar-refractivity contribution in [3.63, 3.8) is 0 Å². The molecule has 0 saturated carbocycles. The van der Waals surface area contributed by atoms with Gasteiger partial charge in [0.2, 0.25) is 0 Å². The summed E-state index contributed by atoms with van der Waals surface area (Å²) in [5, 5.41) is 0. The normalized spacial score (nSPS) is 21.1. The number of urea groups is 1. The van der Waals surface area contributed by atoms with Crippen LogP contribution < -0.4 is 0 Å². The van der Waals surface area contributed by atoms with E-state index in [-0.39, 0.29) is 23.9 Å². The van der Waals surface area contributed by atoms with Crippen molar-refractivity contribution in [1.82, 2.24) is 14.7 Å². The Kier molecular flexibility index (Phi) is 3.60. The number of hydrogen-bond donors (Lipinski definition) is 0. The van der Waals surface area contributed by atoms with Crippen LogP contribution in [-0.4, -0.2) is 65.8 Å². The monoisotopic (exact) mass is 301 g/mol. The maximum absolute atomic E-state index is 12.5. The number of carbonyl (C=O) groups is 3.